The van der Waals surface area contributed by atoms with Crippen LogP contribution in [0.2, 0.25) is 0 Å². The Kier molecular flexibility index (Phi) is 3.49. The van der Waals surface area contributed by atoms with Crippen LogP contribution in [0.3, 0.4) is 0 Å². The van der Waals surface area contributed by atoms with E-state index in [2.05, 4.69) is 0 Å². The van der Waals surface area contributed by atoms with Gasteiger partial charge in [0.05, 0.1) is 24.3 Å². The van der Waals surface area contributed by atoms with E-state index < -0.39 is 23.8 Å². The summed E-state index contributed by atoms with van der Waals surface area (Å²) in [7, 11) is 0. The van der Waals surface area contributed by atoms with E-state index in [1.807, 2.05) is 13.8 Å². The molecular formula is C13H15F3O3. The Morgan fingerprint density at radius 3 is 2.32 bits per heavy atom. The minimum atomic E-state index is -4.60. The summed E-state index contributed by atoms with van der Waals surface area (Å²) in [4.78, 5) is 0. The Morgan fingerprint density at radius 1 is 1.21 bits per heavy atom. The Hall–Kier alpha value is -1.27. The SMILES string of the molecule is CC1(C)COC(c2cccc(C(F)(F)F)c2O)OC1. The molecule has 106 valence electrons. The quantitative estimate of drug-likeness (QED) is 0.853. The van der Waals surface area contributed by atoms with Crippen molar-refractivity contribution in [1.82, 2.24) is 0 Å². The molecule has 0 radical (unpaired) electrons. The van der Waals surface area contributed by atoms with Gasteiger partial charge >= 0.3 is 6.18 Å². The zero-order valence-corrected chi connectivity index (χ0v) is 10.6. The molecular weight excluding hydrogens is 261 g/mol. The first-order chi connectivity index (χ1) is 8.71. The summed E-state index contributed by atoms with van der Waals surface area (Å²) in [6.07, 6.45) is -5.57. The molecule has 0 amide bonds. The van der Waals surface area contributed by atoms with Gasteiger partial charge in [0.1, 0.15) is 5.75 Å². The third kappa shape index (κ3) is 3.01. The van der Waals surface area contributed by atoms with Crippen molar-refractivity contribution < 1.29 is 27.8 Å². The second-order valence-corrected chi connectivity index (χ2v) is 5.36. The fourth-order valence-electron chi connectivity index (χ4n) is 1.85. The maximum Gasteiger partial charge on any atom is 0.419 e. The third-order valence-electron chi connectivity index (χ3n) is 2.88. The van der Waals surface area contributed by atoms with Crippen molar-refractivity contribution in [2.24, 2.45) is 5.41 Å². The predicted molar refractivity (Wildman–Crippen MR) is 61.5 cm³/mol. The van der Waals surface area contributed by atoms with Crippen LogP contribution in [0.1, 0.15) is 31.3 Å². The summed E-state index contributed by atoms with van der Waals surface area (Å²) in [6, 6.07) is 3.42. The zero-order chi connectivity index (χ0) is 14.3. The number of alkyl halides is 3. The van der Waals surface area contributed by atoms with E-state index in [1.165, 1.54) is 12.1 Å². The van der Waals surface area contributed by atoms with Crippen LogP contribution >= 0.6 is 0 Å². The monoisotopic (exact) mass is 276 g/mol. The van der Waals surface area contributed by atoms with Crippen molar-refractivity contribution in [3.8, 4) is 5.75 Å². The second-order valence-electron chi connectivity index (χ2n) is 5.36. The van der Waals surface area contributed by atoms with Gasteiger partial charge in [-0.1, -0.05) is 26.0 Å². The van der Waals surface area contributed by atoms with Gasteiger partial charge in [-0.05, 0) is 6.07 Å². The van der Waals surface area contributed by atoms with Crippen LogP contribution in [0.15, 0.2) is 18.2 Å². The van der Waals surface area contributed by atoms with Gasteiger partial charge in [-0.25, -0.2) is 0 Å². The summed E-state index contributed by atoms with van der Waals surface area (Å²) in [5.41, 5.74) is -1.26. The Morgan fingerprint density at radius 2 is 1.79 bits per heavy atom. The lowest BCUT2D eigenvalue weighted by Crippen LogP contribution is -2.33. The van der Waals surface area contributed by atoms with Crippen LogP contribution in [0, 0.1) is 5.41 Å². The van der Waals surface area contributed by atoms with Gasteiger partial charge in [-0.2, -0.15) is 13.2 Å². The highest BCUT2D eigenvalue weighted by Gasteiger charge is 2.37. The molecule has 0 saturated carbocycles. The van der Waals surface area contributed by atoms with Crippen LogP contribution in [0.4, 0.5) is 13.2 Å². The average Bonchev–Trinajstić information content (AvgIpc) is 2.28. The van der Waals surface area contributed by atoms with Crippen LogP contribution in [-0.2, 0) is 15.7 Å². The minimum Gasteiger partial charge on any atom is -0.507 e. The summed E-state index contributed by atoms with van der Waals surface area (Å²) in [6.45, 7) is 4.56. The Bertz CT molecular complexity index is 459. The van der Waals surface area contributed by atoms with Crippen molar-refractivity contribution in [3.63, 3.8) is 0 Å². The molecule has 1 fully saturated rings. The van der Waals surface area contributed by atoms with Gasteiger partial charge in [0.25, 0.3) is 0 Å². The molecule has 0 aromatic heterocycles. The lowest BCUT2D eigenvalue weighted by molar-refractivity contribution is -0.227. The minimum absolute atomic E-state index is 0.00493. The molecule has 6 heteroatoms. The highest BCUT2D eigenvalue weighted by atomic mass is 19.4. The summed E-state index contributed by atoms with van der Waals surface area (Å²) in [5.74, 6) is -0.834. The van der Waals surface area contributed by atoms with E-state index in [-0.39, 0.29) is 11.0 Å². The van der Waals surface area contributed by atoms with Crippen molar-refractivity contribution in [2.45, 2.75) is 26.3 Å². The highest BCUT2D eigenvalue weighted by Crippen LogP contribution is 2.41. The fraction of sp³-hybridized carbons (Fsp3) is 0.538. The molecule has 0 bridgehead atoms. The van der Waals surface area contributed by atoms with Crippen LogP contribution in [0.25, 0.3) is 0 Å². The zero-order valence-electron chi connectivity index (χ0n) is 10.6. The average molecular weight is 276 g/mol. The lowest BCUT2D eigenvalue weighted by atomic mass is 9.95. The second kappa shape index (κ2) is 4.68. The maximum absolute atomic E-state index is 12.7. The molecule has 1 aliphatic heterocycles. The highest BCUT2D eigenvalue weighted by molar-refractivity contribution is 5.42. The molecule has 1 saturated heterocycles. The number of benzene rings is 1. The number of para-hydroxylation sites is 1. The number of hydrogen-bond donors (Lipinski definition) is 1. The summed E-state index contributed by atoms with van der Waals surface area (Å²) >= 11 is 0. The van der Waals surface area contributed by atoms with E-state index in [4.69, 9.17) is 9.47 Å². The summed E-state index contributed by atoms with van der Waals surface area (Å²) < 4.78 is 48.8. The molecule has 0 unspecified atom stereocenters. The largest absolute Gasteiger partial charge is 0.507 e. The number of phenolic OH excluding ortho intramolecular Hbond substituents is 1. The van der Waals surface area contributed by atoms with E-state index in [0.717, 1.165) is 6.07 Å². The van der Waals surface area contributed by atoms with Gasteiger partial charge in [-0.3, -0.25) is 0 Å². The molecule has 1 aromatic rings. The first-order valence-electron chi connectivity index (χ1n) is 5.83. The molecule has 1 N–H and O–H groups in total. The van der Waals surface area contributed by atoms with Crippen molar-refractivity contribution in [3.05, 3.63) is 29.3 Å². The van der Waals surface area contributed by atoms with Crippen LogP contribution in [-0.4, -0.2) is 18.3 Å². The molecule has 3 nitrogen and oxygen atoms in total. The van der Waals surface area contributed by atoms with Gasteiger partial charge in [-0.15, -0.1) is 0 Å². The molecule has 0 spiro atoms. The number of hydrogen-bond acceptors (Lipinski definition) is 3. The van der Waals surface area contributed by atoms with E-state index in [9.17, 15) is 18.3 Å². The standard InChI is InChI=1S/C13H15F3O3/c1-12(2)6-18-11(19-7-12)8-4-3-5-9(10(8)17)13(14,15)16/h3-5,11,17H,6-7H2,1-2H3. The Labute approximate surface area is 108 Å². The molecule has 19 heavy (non-hydrogen) atoms. The van der Waals surface area contributed by atoms with Gasteiger partial charge < -0.3 is 14.6 Å². The van der Waals surface area contributed by atoms with Gasteiger partial charge in [0, 0.05) is 5.41 Å². The first-order valence-corrected chi connectivity index (χ1v) is 5.83. The van der Waals surface area contributed by atoms with Crippen LogP contribution < -0.4 is 0 Å². The number of rotatable bonds is 1. The number of ether oxygens (including phenoxy) is 2. The van der Waals surface area contributed by atoms with E-state index in [1.54, 1.807) is 0 Å². The molecule has 1 aliphatic rings. The van der Waals surface area contributed by atoms with Crippen molar-refractivity contribution in [1.29, 1.82) is 0 Å². The number of halogens is 3. The third-order valence-corrected chi connectivity index (χ3v) is 2.88. The number of aromatic hydroxyl groups is 1. The molecule has 2 rings (SSSR count). The lowest BCUT2D eigenvalue weighted by Gasteiger charge is -2.35. The van der Waals surface area contributed by atoms with Gasteiger partial charge in [0.2, 0.25) is 0 Å². The van der Waals surface area contributed by atoms with E-state index >= 15 is 0 Å². The first kappa shape index (κ1) is 14.1. The topological polar surface area (TPSA) is 38.7 Å². The molecule has 0 atom stereocenters. The predicted octanol–water partition coefficient (Wildman–Crippen LogP) is 3.48. The normalized spacial score (nSPS) is 20.5. The smallest absolute Gasteiger partial charge is 0.419 e. The Balaban J connectivity index is 2.27. The molecule has 1 heterocycles. The molecule has 1 aromatic carbocycles. The maximum atomic E-state index is 12.7. The van der Waals surface area contributed by atoms with Crippen LogP contribution in [0.5, 0.6) is 5.75 Å². The number of phenols is 1. The van der Waals surface area contributed by atoms with Gasteiger partial charge in [0.15, 0.2) is 6.29 Å². The van der Waals surface area contributed by atoms with Crippen molar-refractivity contribution >= 4 is 0 Å². The van der Waals surface area contributed by atoms with Crippen molar-refractivity contribution in [2.75, 3.05) is 13.2 Å². The molecule has 0 aliphatic carbocycles. The fourth-order valence-corrected chi connectivity index (χ4v) is 1.85. The van der Waals surface area contributed by atoms with E-state index in [0.29, 0.717) is 13.2 Å². The summed E-state index contributed by atoms with van der Waals surface area (Å²) in [5, 5.41) is 9.73.